The highest BCUT2D eigenvalue weighted by atomic mass is 19.3. The van der Waals surface area contributed by atoms with Crippen molar-refractivity contribution < 1.29 is 8.78 Å². The van der Waals surface area contributed by atoms with Gasteiger partial charge in [-0.15, -0.1) is 0 Å². The van der Waals surface area contributed by atoms with Crippen molar-refractivity contribution in [1.29, 1.82) is 0 Å². The molecule has 0 atom stereocenters. The zero-order valence-corrected chi connectivity index (χ0v) is 20.6. The fourth-order valence-corrected chi connectivity index (χ4v) is 3.91. The molecule has 2 aromatic carbocycles. The van der Waals surface area contributed by atoms with Crippen LogP contribution >= 0.6 is 0 Å². The smallest absolute Gasteiger partial charge is 0.286 e. The minimum absolute atomic E-state index is 0.246. The summed E-state index contributed by atoms with van der Waals surface area (Å²) < 4.78 is 27.5. The molecule has 1 N–H and O–H groups in total. The number of halogens is 2. The number of hydrogen-bond donors (Lipinski definition) is 1. The Morgan fingerprint density at radius 1 is 1.00 bits per heavy atom. The Kier molecular flexibility index (Phi) is 7.34. The molecule has 2 aromatic heterocycles. The molecule has 36 heavy (non-hydrogen) atoms. The molecule has 0 amide bonds. The van der Waals surface area contributed by atoms with Crippen LogP contribution in [0.2, 0.25) is 0 Å². The van der Waals surface area contributed by atoms with Gasteiger partial charge in [-0.25, -0.2) is 4.98 Å². The zero-order chi connectivity index (χ0) is 25.7. The summed E-state index contributed by atoms with van der Waals surface area (Å²) in [5.41, 5.74) is 7.24. The maximum Gasteiger partial charge on any atom is 0.286 e. The van der Waals surface area contributed by atoms with Gasteiger partial charge in [-0.1, -0.05) is 55.1 Å². The van der Waals surface area contributed by atoms with Gasteiger partial charge < -0.3 is 5.32 Å². The van der Waals surface area contributed by atoms with E-state index in [0.29, 0.717) is 11.4 Å². The number of benzene rings is 2. The van der Waals surface area contributed by atoms with Crippen LogP contribution in [-0.4, -0.2) is 15.7 Å². The number of nitrogens with one attached hydrogen (secondary N) is 1. The van der Waals surface area contributed by atoms with Gasteiger partial charge in [-0.05, 0) is 54.8 Å². The number of rotatable bonds is 8. The van der Waals surface area contributed by atoms with Gasteiger partial charge in [0.25, 0.3) is 5.92 Å². The number of nitrogens with zero attached hydrogens (tertiary/aromatic N) is 3. The Bertz CT molecular complexity index is 1410. The number of aliphatic imine (C=N–C) groups is 1. The average molecular weight is 483 g/mol. The summed E-state index contributed by atoms with van der Waals surface area (Å²) >= 11 is 0. The lowest BCUT2D eigenvalue weighted by atomic mass is 9.96. The lowest BCUT2D eigenvalue weighted by Gasteiger charge is -2.18. The summed E-state index contributed by atoms with van der Waals surface area (Å²) in [6, 6.07) is 22.6. The third-order valence-corrected chi connectivity index (χ3v) is 5.75. The number of pyridine rings is 2. The van der Waals surface area contributed by atoms with E-state index >= 15 is 0 Å². The van der Waals surface area contributed by atoms with Crippen molar-refractivity contribution in [2.45, 2.75) is 33.2 Å². The van der Waals surface area contributed by atoms with E-state index in [4.69, 9.17) is 4.99 Å². The van der Waals surface area contributed by atoms with Crippen LogP contribution in [0, 0.1) is 6.92 Å². The minimum atomic E-state index is -3.00. The van der Waals surface area contributed by atoms with Gasteiger partial charge in [0, 0.05) is 41.9 Å². The molecule has 0 bridgehead atoms. The predicted octanol–water partition coefficient (Wildman–Crippen LogP) is 7.46. The fraction of sp³-hybridized carbons (Fsp3) is 0.167. The fourth-order valence-electron chi connectivity index (χ4n) is 3.91. The summed E-state index contributed by atoms with van der Waals surface area (Å²) in [5.74, 6) is -3.00. The highest BCUT2D eigenvalue weighted by molar-refractivity contribution is 6.01. The Balaban J connectivity index is 1.72. The molecule has 4 aromatic rings. The predicted molar refractivity (Wildman–Crippen MR) is 142 cm³/mol. The minimum Gasteiger partial charge on any atom is -0.379 e. The molecule has 0 unspecified atom stereocenters. The van der Waals surface area contributed by atoms with E-state index in [2.05, 4.69) is 21.9 Å². The van der Waals surface area contributed by atoms with Gasteiger partial charge in [0.1, 0.15) is 5.69 Å². The highest BCUT2D eigenvalue weighted by Gasteiger charge is 2.26. The molecule has 6 heteroatoms. The van der Waals surface area contributed by atoms with Crippen LogP contribution in [0.1, 0.15) is 41.9 Å². The van der Waals surface area contributed by atoms with Crippen LogP contribution in [0.3, 0.4) is 0 Å². The number of aromatic nitrogens is 2. The summed E-state index contributed by atoms with van der Waals surface area (Å²) in [4.78, 5) is 13.3. The zero-order valence-electron chi connectivity index (χ0n) is 20.6. The second-order valence-corrected chi connectivity index (χ2v) is 8.75. The Morgan fingerprint density at radius 3 is 2.47 bits per heavy atom. The van der Waals surface area contributed by atoms with Crippen LogP contribution in [0.25, 0.3) is 16.8 Å². The van der Waals surface area contributed by atoms with E-state index < -0.39 is 5.92 Å². The maximum absolute atomic E-state index is 13.8. The molecule has 0 aliphatic carbocycles. The van der Waals surface area contributed by atoms with E-state index in [1.807, 2.05) is 68.4 Å². The molecule has 0 saturated heterocycles. The molecule has 0 aliphatic rings. The van der Waals surface area contributed by atoms with Gasteiger partial charge in [0.15, 0.2) is 0 Å². The Morgan fingerprint density at radius 2 is 1.75 bits per heavy atom. The van der Waals surface area contributed by atoms with Gasteiger partial charge >= 0.3 is 0 Å². The topological polar surface area (TPSA) is 50.2 Å². The van der Waals surface area contributed by atoms with E-state index in [0.717, 1.165) is 46.1 Å². The average Bonchev–Trinajstić information content (AvgIpc) is 2.87. The number of aryl methyl sites for hydroxylation is 1. The third kappa shape index (κ3) is 5.89. The number of alkyl halides is 2. The summed E-state index contributed by atoms with van der Waals surface area (Å²) in [6.07, 6.45) is 3.60. The first kappa shape index (κ1) is 24.9. The molecule has 182 valence electrons. The summed E-state index contributed by atoms with van der Waals surface area (Å²) in [6.45, 7) is 9.32. The lowest BCUT2D eigenvalue weighted by Crippen LogP contribution is -2.16. The summed E-state index contributed by atoms with van der Waals surface area (Å²) in [7, 11) is 0. The molecule has 2 heterocycles. The van der Waals surface area contributed by atoms with Crippen molar-refractivity contribution in [2.75, 3.05) is 0 Å². The van der Waals surface area contributed by atoms with Gasteiger partial charge in [-0.2, -0.15) is 8.78 Å². The normalized spacial score (nSPS) is 11.9. The largest absolute Gasteiger partial charge is 0.379 e. The molecule has 0 spiro atoms. The van der Waals surface area contributed by atoms with Crippen molar-refractivity contribution in [1.82, 2.24) is 15.3 Å². The second-order valence-electron chi connectivity index (χ2n) is 8.75. The monoisotopic (exact) mass is 482 g/mol. The SMILES string of the molecule is C=C(NCc1cccc(C(C)(F)F)n1)c1c(/N=C(\C)c2cncc(C)c2)cccc1-c1ccccc1. The first-order chi connectivity index (χ1) is 17.2. The van der Waals surface area contributed by atoms with Gasteiger partial charge in [-0.3, -0.25) is 9.98 Å². The van der Waals surface area contributed by atoms with Crippen molar-refractivity contribution in [3.05, 3.63) is 120 Å². The van der Waals surface area contributed by atoms with Gasteiger partial charge in [0.05, 0.1) is 17.9 Å². The van der Waals surface area contributed by atoms with Crippen LogP contribution in [0.15, 0.2) is 96.8 Å². The molecule has 4 rings (SSSR count). The van der Waals surface area contributed by atoms with Gasteiger partial charge in [0.2, 0.25) is 0 Å². The van der Waals surface area contributed by atoms with Crippen molar-refractivity contribution >= 4 is 17.1 Å². The maximum atomic E-state index is 13.8. The second kappa shape index (κ2) is 10.6. The quantitative estimate of drug-likeness (QED) is 0.265. The Labute approximate surface area is 210 Å². The van der Waals surface area contributed by atoms with Crippen molar-refractivity contribution in [3.63, 3.8) is 0 Å². The van der Waals surface area contributed by atoms with E-state index in [9.17, 15) is 8.78 Å². The lowest BCUT2D eigenvalue weighted by molar-refractivity contribution is 0.0125. The summed E-state index contributed by atoms with van der Waals surface area (Å²) in [5, 5.41) is 3.28. The molecular weight excluding hydrogens is 454 g/mol. The highest BCUT2D eigenvalue weighted by Crippen LogP contribution is 2.35. The molecule has 0 saturated carbocycles. The molecule has 0 aliphatic heterocycles. The number of hydrogen-bond acceptors (Lipinski definition) is 4. The first-order valence-electron chi connectivity index (χ1n) is 11.7. The van der Waals surface area contributed by atoms with Crippen molar-refractivity contribution in [2.24, 2.45) is 4.99 Å². The van der Waals surface area contributed by atoms with Crippen LogP contribution in [0.4, 0.5) is 14.5 Å². The van der Waals surface area contributed by atoms with E-state index in [-0.39, 0.29) is 12.2 Å². The van der Waals surface area contributed by atoms with E-state index in [1.165, 1.54) is 6.07 Å². The van der Waals surface area contributed by atoms with Crippen LogP contribution in [0.5, 0.6) is 0 Å². The standard InChI is InChI=1S/C30H28F2N4/c1-20-16-24(18-33-17-20)21(2)35-27-14-9-13-26(23-10-6-5-7-11-23)29(27)22(3)34-19-25-12-8-15-28(36-25)30(4,31)32/h5-18,34H,3,19H2,1-2,4H3/b35-21+. The van der Waals surface area contributed by atoms with Crippen molar-refractivity contribution in [3.8, 4) is 11.1 Å². The van der Waals surface area contributed by atoms with E-state index in [1.54, 1.807) is 24.5 Å². The first-order valence-corrected chi connectivity index (χ1v) is 11.7. The van der Waals surface area contributed by atoms with Crippen LogP contribution in [-0.2, 0) is 12.5 Å². The third-order valence-electron chi connectivity index (χ3n) is 5.75. The molecule has 4 nitrogen and oxygen atoms in total. The Hall–Kier alpha value is -4.19. The van der Waals surface area contributed by atoms with Crippen LogP contribution < -0.4 is 5.32 Å². The molecular formula is C30H28F2N4. The molecule has 0 fully saturated rings. The molecule has 0 radical (unpaired) electrons.